The lowest BCUT2D eigenvalue weighted by atomic mass is 9.96. The fourth-order valence-electron chi connectivity index (χ4n) is 2.77. The number of amides is 2. The first-order valence-electron chi connectivity index (χ1n) is 7.50. The van der Waals surface area contributed by atoms with E-state index in [1.165, 1.54) is 12.1 Å². The van der Waals surface area contributed by atoms with Gasteiger partial charge in [0.2, 0.25) is 5.91 Å². The van der Waals surface area contributed by atoms with Crippen molar-refractivity contribution in [2.45, 2.75) is 17.7 Å². The van der Waals surface area contributed by atoms with Crippen LogP contribution in [0.5, 0.6) is 0 Å². The number of likely N-dealkylation sites (tertiary alicyclic amines) is 1. The lowest BCUT2D eigenvalue weighted by molar-refractivity contribution is -0.134. The second-order valence-corrected chi connectivity index (χ2v) is 8.14. The van der Waals surface area contributed by atoms with Gasteiger partial charge >= 0.3 is 0 Å². The number of hydrogen-bond donors (Lipinski definition) is 0. The van der Waals surface area contributed by atoms with Crippen molar-refractivity contribution in [3.63, 3.8) is 0 Å². The molecule has 7 heteroatoms. The van der Waals surface area contributed by atoms with Crippen LogP contribution < -0.4 is 0 Å². The van der Waals surface area contributed by atoms with Gasteiger partial charge in [0.1, 0.15) is 0 Å². The molecular formula is C16H22N2O4S. The van der Waals surface area contributed by atoms with Crippen LogP contribution in [-0.4, -0.2) is 63.5 Å². The first-order valence-corrected chi connectivity index (χ1v) is 9.40. The van der Waals surface area contributed by atoms with Crippen molar-refractivity contribution in [1.82, 2.24) is 9.80 Å². The van der Waals surface area contributed by atoms with Crippen molar-refractivity contribution < 1.29 is 18.0 Å². The molecule has 6 nitrogen and oxygen atoms in total. The number of sulfone groups is 1. The lowest BCUT2D eigenvalue weighted by Crippen LogP contribution is -2.45. The van der Waals surface area contributed by atoms with Crippen LogP contribution >= 0.6 is 0 Å². The Bertz CT molecular complexity index is 713. The summed E-state index contributed by atoms with van der Waals surface area (Å²) in [5.41, 5.74) is 0.339. The Balaban J connectivity index is 2.19. The average Bonchev–Trinajstić information content (AvgIpc) is 2.52. The molecule has 0 aromatic heterocycles. The van der Waals surface area contributed by atoms with E-state index in [-0.39, 0.29) is 22.6 Å². The van der Waals surface area contributed by atoms with Gasteiger partial charge < -0.3 is 9.80 Å². The molecule has 0 N–H and O–H groups in total. The maximum atomic E-state index is 12.6. The van der Waals surface area contributed by atoms with Gasteiger partial charge in [-0.05, 0) is 31.0 Å². The molecule has 1 heterocycles. The molecule has 2 rings (SSSR count). The van der Waals surface area contributed by atoms with Gasteiger partial charge in [0.15, 0.2) is 9.84 Å². The van der Waals surface area contributed by atoms with E-state index in [4.69, 9.17) is 0 Å². The monoisotopic (exact) mass is 338 g/mol. The van der Waals surface area contributed by atoms with Gasteiger partial charge in [-0.1, -0.05) is 6.07 Å². The average molecular weight is 338 g/mol. The Kier molecular flexibility index (Phi) is 5.09. The molecule has 2 amide bonds. The predicted molar refractivity (Wildman–Crippen MR) is 86.9 cm³/mol. The zero-order chi connectivity index (χ0) is 17.2. The van der Waals surface area contributed by atoms with E-state index >= 15 is 0 Å². The molecule has 0 saturated carbocycles. The smallest absolute Gasteiger partial charge is 0.253 e. The van der Waals surface area contributed by atoms with E-state index < -0.39 is 9.84 Å². The standard InChI is InChI=1S/C16H22N2O4S/c1-17(2)15(19)13-7-5-9-18(11-13)16(20)12-6-4-8-14(10-12)23(3,21)22/h4,6,8,10,13H,5,7,9,11H2,1-3H3. The summed E-state index contributed by atoms with van der Waals surface area (Å²) in [6, 6.07) is 6.04. The highest BCUT2D eigenvalue weighted by atomic mass is 32.2. The third-order valence-electron chi connectivity index (χ3n) is 4.01. The van der Waals surface area contributed by atoms with Gasteiger partial charge in [-0.3, -0.25) is 9.59 Å². The third-order valence-corrected chi connectivity index (χ3v) is 5.12. The van der Waals surface area contributed by atoms with Gasteiger partial charge in [0.25, 0.3) is 5.91 Å². The van der Waals surface area contributed by atoms with Crippen LogP contribution in [0.25, 0.3) is 0 Å². The second kappa shape index (κ2) is 6.70. The van der Waals surface area contributed by atoms with Gasteiger partial charge in [-0.2, -0.15) is 0 Å². The number of nitrogens with zero attached hydrogens (tertiary/aromatic N) is 2. The highest BCUT2D eigenvalue weighted by Crippen LogP contribution is 2.21. The first kappa shape index (κ1) is 17.5. The van der Waals surface area contributed by atoms with Crippen molar-refractivity contribution in [3.8, 4) is 0 Å². The summed E-state index contributed by atoms with van der Waals surface area (Å²) in [7, 11) is 0.0575. The molecule has 1 unspecified atom stereocenters. The Morgan fingerprint density at radius 2 is 1.96 bits per heavy atom. The highest BCUT2D eigenvalue weighted by molar-refractivity contribution is 7.90. The molecular weight excluding hydrogens is 316 g/mol. The molecule has 126 valence electrons. The summed E-state index contributed by atoms with van der Waals surface area (Å²) in [5, 5.41) is 0. The fourth-order valence-corrected chi connectivity index (χ4v) is 3.44. The molecule has 1 aromatic carbocycles. The first-order chi connectivity index (χ1) is 10.7. The Morgan fingerprint density at radius 3 is 2.57 bits per heavy atom. The number of hydrogen-bond acceptors (Lipinski definition) is 4. The largest absolute Gasteiger partial charge is 0.349 e. The number of rotatable bonds is 3. The predicted octanol–water partition coefficient (Wildman–Crippen LogP) is 1.03. The number of piperidine rings is 1. The SMILES string of the molecule is CN(C)C(=O)C1CCCN(C(=O)c2cccc(S(C)(=O)=O)c2)C1. The topological polar surface area (TPSA) is 74.8 Å². The highest BCUT2D eigenvalue weighted by Gasteiger charge is 2.29. The molecule has 1 fully saturated rings. The molecule has 0 bridgehead atoms. The maximum Gasteiger partial charge on any atom is 0.253 e. The molecule has 23 heavy (non-hydrogen) atoms. The van der Waals surface area contributed by atoms with E-state index in [0.717, 1.165) is 19.1 Å². The Labute approximate surface area is 137 Å². The Hall–Kier alpha value is -1.89. The van der Waals surface area contributed by atoms with Crippen molar-refractivity contribution in [2.24, 2.45) is 5.92 Å². The van der Waals surface area contributed by atoms with Crippen LogP contribution in [0.4, 0.5) is 0 Å². The number of carbonyl (C=O) groups excluding carboxylic acids is 2. The van der Waals surface area contributed by atoms with Crippen LogP contribution in [-0.2, 0) is 14.6 Å². The Morgan fingerprint density at radius 1 is 1.26 bits per heavy atom. The second-order valence-electron chi connectivity index (χ2n) is 6.12. The number of benzene rings is 1. The van der Waals surface area contributed by atoms with Crippen LogP contribution in [0.15, 0.2) is 29.2 Å². The third kappa shape index (κ3) is 4.10. The lowest BCUT2D eigenvalue weighted by Gasteiger charge is -2.33. The number of carbonyl (C=O) groups is 2. The summed E-state index contributed by atoms with van der Waals surface area (Å²) in [6.07, 6.45) is 2.65. The van der Waals surface area contributed by atoms with Crippen LogP contribution in [0.2, 0.25) is 0 Å². The van der Waals surface area contributed by atoms with Crippen molar-refractivity contribution in [2.75, 3.05) is 33.4 Å². The molecule has 1 saturated heterocycles. The zero-order valence-electron chi connectivity index (χ0n) is 13.7. The molecule has 1 aliphatic heterocycles. The van der Waals surface area contributed by atoms with Crippen LogP contribution in [0.3, 0.4) is 0 Å². The summed E-state index contributed by atoms with van der Waals surface area (Å²) >= 11 is 0. The minimum absolute atomic E-state index is 0.0207. The van der Waals surface area contributed by atoms with E-state index in [0.29, 0.717) is 18.7 Å². The van der Waals surface area contributed by atoms with E-state index in [1.807, 2.05) is 0 Å². The maximum absolute atomic E-state index is 12.6. The van der Waals surface area contributed by atoms with Gasteiger partial charge in [-0.25, -0.2) is 8.42 Å². The molecule has 0 aliphatic carbocycles. The van der Waals surface area contributed by atoms with Crippen molar-refractivity contribution in [3.05, 3.63) is 29.8 Å². The van der Waals surface area contributed by atoms with E-state index in [2.05, 4.69) is 0 Å². The van der Waals surface area contributed by atoms with Gasteiger partial charge in [-0.15, -0.1) is 0 Å². The fraction of sp³-hybridized carbons (Fsp3) is 0.500. The summed E-state index contributed by atoms with van der Waals surface area (Å²) in [5.74, 6) is -0.403. The van der Waals surface area contributed by atoms with Crippen molar-refractivity contribution >= 4 is 21.7 Å². The van der Waals surface area contributed by atoms with E-state index in [9.17, 15) is 18.0 Å². The molecule has 1 aromatic rings. The van der Waals surface area contributed by atoms with Crippen LogP contribution in [0.1, 0.15) is 23.2 Å². The van der Waals surface area contributed by atoms with Gasteiger partial charge in [0, 0.05) is 39.0 Å². The minimum Gasteiger partial charge on any atom is -0.349 e. The van der Waals surface area contributed by atoms with Crippen molar-refractivity contribution in [1.29, 1.82) is 0 Å². The minimum atomic E-state index is -3.36. The molecule has 1 aliphatic rings. The summed E-state index contributed by atoms with van der Waals surface area (Å²) in [4.78, 5) is 28.0. The summed E-state index contributed by atoms with van der Waals surface area (Å²) in [6.45, 7) is 0.956. The summed E-state index contributed by atoms with van der Waals surface area (Å²) < 4.78 is 23.3. The zero-order valence-corrected chi connectivity index (χ0v) is 14.5. The van der Waals surface area contributed by atoms with Crippen LogP contribution in [0, 0.1) is 5.92 Å². The molecule has 1 atom stereocenters. The quantitative estimate of drug-likeness (QED) is 0.825. The molecule has 0 radical (unpaired) electrons. The molecule has 0 spiro atoms. The normalized spacial score (nSPS) is 18.6. The van der Waals surface area contributed by atoms with Gasteiger partial charge in [0.05, 0.1) is 10.8 Å². The van der Waals surface area contributed by atoms with E-state index in [1.54, 1.807) is 36.0 Å².